The van der Waals surface area contributed by atoms with E-state index in [4.69, 9.17) is 21.5 Å². The number of aliphatic carboxylic acids is 1. The number of hydrogen-bond donors (Lipinski definition) is 2. The minimum atomic E-state index is -1.12. The summed E-state index contributed by atoms with van der Waals surface area (Å²) in [4.78, 5) is 10.3. The van der Waals surface area contributed by atoms with E-state index >= 15 is 0 Å². The highest BCUT2D eigenvalue weighted by atomic mass is 35.7. The normalized spacial score (nSPS) is 16.0. The Morgan fingerprint density at radius 3 is 2.45 bits per heavy atom. The Morgan fingerprint density at radius 2 is 2.18 bits per heavy atom. The van der Waals surface area contributed by atoms with E-state index in [0.717, 1.165) is 0 Å². The second kappa shape index (κ2) is 4.18. The van der Waals surface area contributed by atoms with Crippen molar-refractivity contribution in [3.8, 4) is 0 Å². The molecule has 5 heteroatoms. The quantitative estimate of drug-likeness (QED) is 0.711. The molecule has 3 N–H and O–H groups in total. The number of hydrogen-bond acceptors (Lipinski definition) is 2. The molecule has 0 saturated carbocycles. The molecule has 0 fully saturated rings. The third kappa shape index (κ3) is 6.47. The van der Waals surface area contributed by atoms with Crippen LogP contribution in [0.3, 0.4) is 0 Å². The monoisotopic (exact) mass is 199 g/mol. The molecule has 1 unspecified atom stereocenters. The molecule has 0 heterocycles. The number of carboxylic acid groups (broad SMARTS) is 1. The molecule has 0 aromatic heterocycles. The van der Waals surface area contributed by atoms with Crippen molar-refractivity contribution in [2.45, 2.75) is 12.5 Å². The number of carbonyl (C=O) groups is 1. The Labute approximate surface area is 72.7 Å². The number of rotatable bonds is 4. The topological polar surface area (TPSA) is 63.3 Å². The molecular weight excluding hydrogens is 186 g/mol. The van der Waals surface area contributed by atoms with Crippen LogP contribution >= 0.6 is 19.9 Å². The van der Waals surface area contributed by atoms with E-state index in [9.17, 15) is 4.79 Å². The van der Waals surface area contributed by atoms with Crippen molar-refractivity contribution in [2.24, 2.45) is 5.73 Å². The van der Waals surface area contributed by atoms with Gasteiger partial charge in [-0.25, -0.2) is 0 Å². The van der Waals surface area contributed by atoms with Gasteiger partial charge in [-0.05, 0) is 24.7 Å². The van der Waals surface area contributed by atoms with Crippen LogP contribution in [-0.2, 0) is 4.79 Å². The lowest BCUT2D eigenvalue weighted by molar-refractivity contribution is -0.138. The molecule has 0 aromatic rings. The minimum Gasteiger partial charge on any atom is -0.480 e. The van der Waals surface area contributed by atoms with Gasteiger partial charge >= 0.3 is 5.97 Å². The lowest BCUT2D eigenvalue weighted by Gasteiger charge is -2.22. The molecule has 3 nitrogen and oxygen atoms in total. The number of carboxylic acids is 1. The average molecular weight is 200 g/mol. The van der Waals surface area contributed by atoms with Crippen LogP contribution in [0.4, 0.5) is 0 Å². The Balaban J connectivity index is 3.63. The summed E-state index contributed by atoms with van der Waals surface area (Å²) in [6.45, 7) is 0. The predicted octanol–water partition coefficient (Wildman–Crippen LogP) is 1.01. The standard InChI is InChI=1S/C6H14ClNO2S/c1-11(2,7)4-3-5(8)6(9)10/h5H,3-4,8H2,1-2H3,(H,9,10). The summed E-state index contributed by atoms with van der Waals surface area (Å²) in [5, 5.41) is 8.42. The van der Waals surface area contributed by atoms with Gasteiger partial charge in [0.15, 0.2) is 0 Å². The molecule has 11 heavy (non-hydrogen) atoms. The number of halogens is 1. The van der Waals surface area contributed by atoms with Crippen molar-refractivity contribution in [3.05, 3.63) is 0 Å². The maximum atomic E-state index is 10.3. The lowest BCUT2D eigenvalue weighted by Crippen LogP contribution is -2.31. The Bertz CT molecular complexity index is 146. The lowest BCUT2D eigenvalue weighted by atomic mass is 10.2. The molecule has 0 radical (unpaired) electrons. The Kier molecular flexibility index (Phi) is 4.21. The van der Waals surface area contributed by atoms with Gasteiger partial charge in [0.25, 0.3) is 0 Å². The van der Waals surface area contributed by atoms with Crippen molar-refractivity contribution < 1.29 is 9.90 Å². The summed E-state index contributed by atoms with van der Waals surface area (Å²) in [7, 11) is 4.79. The molecule has 0 aliphatic carbocycles. The zero-order valence-corrected chi connectivity index (χ0v) is 8.28. The molecule has 0 aromatic carbocycles. The van der Waals surface area contributed by atoms with Gasteiger partial charge in [0.2, 0.25) is 0 Å². The van der Waals surface area contributed by atoms with Crippen LogP contribution in [0.25, 0.3) is 0 Å². The molecule has 68 valence electrons. The molecule has 0 saturated heterocycles. The maximum Gasteiger partial charge on any atom is 0.320 e. The van der Waals surface area contributed by atoms with E-state index in [2.05, 4.69) is 0 Å². The third-order valence-electron chi connectivity index (χ3n) is 1.23. The Hall–Kier alpha value is 0.0700. The minimum absolute atomic E-state index is 0.459. The highest BCUT2D eigenvalue weighted by Crippen LogP contribution is 2.45. The second-order valence-corrected chi connectivity index (χ2v) is 8.56. The van der Waals surface area contributed by atoms with Gasteiger partial charge in [0.1, 0.15) is 6.04 Å². The van der Waals surface area contributed by atoms with Gasteiger partial charge in [0.05, 0.1) is 0 Å². The van der Waals surface area contributed by atoms with Crippen LogP contribution in [0.15, 0.2) is 0 Å². The fourth-order valence-corrected chi connectivity index (χ4v) is 1.61. The van der Waals surface area contributed by atoms with Gasteiger partial charge in [0, 0.05) is 0 Å². The van der Waals surface area contributed by atoms with Crippen LogP contribution in [0.1, 0.15) is 6.42 Å². The van der Waals surface area contributed by atoms with Crippen LogP contribution < -0.4 is 5.73 Å². The van der Waals surface area contributed by atoms with Crippen molar-refractivity contribution in [1.29, 1.82) is 0 Å². The first kappa shape index (κ1) is 11.1. The first-order chi connectivity index (χ1) is 4.83. The molecule has 1 atom stereocenters. The highest BCUT2D eigenvalue weighted by Gasteiger charge is 2.15. The zero-order valence-electron chi connectivity index (χ0n) is 6.71. The van der Waals surface area contributed by atoms with Gasteiger partial charge < -0.3 is 10.8 Å². The van der Waals surface area contributed by atoms with E-state index < -0.39 is 21.3 Å². The largest absolute Gasteiger partial charge is 0.480 e. The SMILES string of the molecule is CS(C)(Cl)CCC(N)C(=O)O. The molecule has 0 aliphatic rings. The van der Waals surface area contributed by atoms with Gasteiger partial charge in [-0.2, -0.15) is 9.24 Å². The molecule has 0 amide bonds. The Morgan fingerprint density at radius 1 is 1.73 bits per heavy atom. The molecule has 0 bridgehead atoms. The van der Waals surface area contributed by atoms with Crippen LogP contribution in [0.2, 0.25) is 0 Å². The van der Waals surface area contributed by atoms with Crippen LogP contribution in [0.5, 0.6) is 0 Å². The smallest absolute Gasteiger partial charge is 0.320 e. The molecule has 0 rings (SSSR count). The number of nitrogens with two attached hydrogens (primary N) is 1. The van der Waals surface area contributed by atoms with E-state index in [-0.39, 0.29) is 0 Å². The molecule has 0 aliphatic heterocycles. The van der Waals surface area contributed by atoms with Gasteiger partial charge in [-0.15, -0.1) is 0 Å². The first-order valence-corrected chi connectivity index (χ1v) is 6.66. The molecular formula is C6H14ClNO2S. The summed E-state index contributed by atoms with van der Waals surface area (Å²) in [5.74, 6) is -0.257. The third-order valence-corrected chi connectivity index (χ3v) is 2.90. The van der Waals surface area contributed by atoms with Crippen molar-refractivity contribution in [1.82, 2.24) is 0 Å². The fourth-order valence-electron chi connectivity index (χ4n) is 0.531. The zero-order chi connectivity index (χ0) is 9.07. The van der Waals surface area contributed by atoms with E-state index in [1.54, 1.807) is 0 Å². The van der Waals surface area contributed by atoms with E-state index in [1.807, 2.05) is 12.5 Å². The van der Waals surface area contributed by atoms with Crippen LogP contribution in [0, 0.1) is 0 Å². The summed E-state index contributed by atoms with van der Waals surface area (Å²) in [5.41, 5.74) is 5.28. The van der Waals surface area contributed by atoms with Crippen molar-refractivity contribution >= 4 is 25.9 Å². The van der Waals surface area contributed by atoms with Crippen LogP contribution in [-0.4, -0.2) is 35.4 Å². The molecule has 0 spiro atoms. The van der Waals surface area contributed by atoms with E-state index in [1.165, 1.54) is 0 Å². The van der Waals surface area contributed by atoms with Gasteiger partial charge in [-0.1, -0.05) is 10.7 Å². The first-order valence-electron chi connectivity index (χ1n) is 3.22. The summed E-state index contributed by atoms with van der Waals surface area (Å²) in [6.07, 6.45) is 4.30. The highest BCUT2D eigenvalue weighted by molar-refractivity contribution is 8.50. The summed E-state index contributed by atoms with van der Waals surface area (Å²) >= 11 is 0. The average Bonchev–Trinajstić information content (AvgIpc) is 1.80. The second-order valence-electron chi connectivity index (χ2n) is 2.84. The summed E-state index contributed by atoms with van der Waals surface area (Å²) in [6, 6.07) is -0.763. The fraction of sp³-hybridized carbons (Fsp3) is 0.833. The van der Waals surface area contributed by atoms with Gasteiger partial charge in [-0.3, -0.25) is 4.79 Å². The summed E-state index contributed by atoms with van der Waals surface area (Å²) < 4.78 is 0. The predicted molar refractivity (Wildman–Crippen MR) is 50.4 cm³/mol. The maximum absolute atomic E-state index is 10.3. The van der Waals surface area contributed by atoms with Crippen molar-refractivity contribution in [3.63, 3.8) is 0 Å². The van der Waals surface area contributed by atoms with E-state index in [0.29, 0.717) is 12.2 Å². The van der Waals surface area contributed by atoms with Crippen molar-refractivity contribution in [2.75, 3.05) is 18.3 Å².